The zero-order valence-corrected chi connectivity index (χ0v) is 34.0. The first-order valence-corrected chi connectivity index (χ1v) is 22.4. The number of benzene rings is 2. The summed E-state index contributed by atoms with van der Waals surface area (Å²) in [7, 11) is 0. The second-order valence-corrected chi connectivity index (χ2v) is 16.0. The summed E-state index contributed by atoms with van der Waals surface area (Å²) in [6.07, 6.45) is 41.3. The molecule has 0 radical (unpaired) electrons. The molecule has 3 rings (SSSR count). The zero-order chi connectivity index (χ0) is 36.0. The van der Waals surface area contributed by atoms with Crippen molar-refractivity contribution in [3.05, 3.63) is 89.5 Å². The minimum atomic E-state index is 0.515. The molecule has 0 saturated heterocycles. The second-order valence-electron chi connectivity index (χ2n) is 16.0. The fraction of sp³-hybridized carbons (Fsp3) is 0.694. The third-order valence-corrected chi connectivity index (χ3v) is 11.4. The predicted molar refractivity (Wildman–Crippen MR) is 224 cm³/mol. The van der Waals surface area contributed by atoms with Crippen LogP contribution in [0.1, 0.15) is 216 Å². The van der Waals surface area contributed by atoms with Crippen LogP contribution in [0.3, 0.4) is 0 Å². The van der Waals surface area contributed by atoms with Crippen LogP contribution in [0.15, 0.2) is 66.9 Å². The van der Waals surface area contributed by atoms with Crippen LogP contribution in [0.4, 0.5) is 0 Å². The molecule has 1 heterocycles. The number of nitrogens with zero attached hydrogens (tertiary/aromatic N) is 2. The average Bonchev–Trinajstić information content (AvgIpc) is 3.47. The molecule has 0 N–H and O–H groups in total. The zero-order valence-electron chi connectivity index (χ0n) is 34.0. The maximum Gasteiger partial charge on any atom is 0.261 e. The van der Waals surface area contributed by atoms with Gasteiger partial charge < -0.3 is 0 Å². The average molecular weight is 698 g/mol. The molecule has 3 aromatic rings. The molecular weight excluding hydrogens is 617 g/mol. The maximum atomic E-state index is 2.76. The van der Waals surface area contributed by atoms with Gasteiger partial charge in [0.25, 0.3) is 5.82 Å². The standard InChI is InChI=1S/C49H81N2/c1-4-6-8-10-12-14-16-18-20-22-24-26-34-40-50-44-48(42-45(3)47-38-32-29-33-39-47)51(49(50)43-46-36-30-28-31-37-46)41-35-27-25-23-21-19-17-15-13-11-9-7-5-2/h28-33,36-39,44-45H,4-27,34-35,40-43H2,1-3H3/q+1. The van der Waals surface area contributed by atoms with Gasteiger partial charge in [0.05, 0.1) is 19.5 Å². The molecule has 1 aromatic heterocycles. The third kappa shape index (κ3) is 19.3. The van der Waals surface area contributed by atoms with Crippen molar-refractivity contribution in [1.29, 1.82) is 0 Å². The molecule has 0 bridgehead atoms. The Bertz CT molecular complexity index is 1200. The summed E-state index contributed by atoms with van der Waals surface area (Å²) in [6, 6.07) is 22.4. The van der Waals surface area contributed by atoms with E-state index >= 15 is 0 Å². The molecule has 286 valence electrons. The Morgan fingerprint density at radius 3 is 1.37 bits per heavy atom. The van der Waals surface area contributed by atoms with Gasteiger partial charge in [-0.05, 0) is 42.7 Å². The summed E-state index contributed by atoms with van der Waals surface area (Å²) in [5.74, 6) is 2.04. The number of aryl methyl sites for hydroxylation is 1. The van der Waals surface area contributed by atoms with E-state index in [1.54, 1.807) is 0 Å². The van der Waals surface area contributed by atoms with E-state index in [1.807, 2.05) is 0 Å². The van der Waals surface area contributed by atoms with E-state index < -0.39 is 0 Å². The first-order valence-electron chi connectivity index (χ1n) is 22.4. The normalized spacial score (nSPS) is 12.1. The Kier molecular flexibility index (Phi) is 24.6. The molecule has 0 aliphatic rings. The van der Waals surface area contributed by atoms with E-state index in [2.05, 4.69) is 96.8 Å². The van der Waals surface area contributed by atoms with Crippen LogP contribution >= 0.6 is 0 Å². The van der Waals surface area contributed by atoms with E-state index in [-0.39, 0.29) is 0 Å². The molecule has 0 aliphatic heterocycles. The minimum absolute atomic E-state index is 0.515. The fourth-order valence-corrected chi connectivity index (χ4v) is 8.05. The summed E-state index contributed by atoms with van der Waals surface area (Å²) < 4.78 is 5.42. The monoisotopic (exact) mass is 698 g/mol. The molecular formula is C49H81N2+. The highest BCUT2D eigenvalue weighted by Crippen LogP contribution is 2.23. The largest absolute Gasteiger partial charge is 0.261 e. The van der Waals surface area contributed by atoms with Crippen LogP contribution in [0.2, 0.25) is 0 Å². The molecule has 2 heteroatoms. The highest BCUT2D eigenvalue weighted by Gasteiger charge is 2.25. The number of imidazole rings is 1. The smallest absolute Gasteiger partial charge is 0.234 e. The van der Waals surface area contributed by atoms with Gasteiger partial charge in [0, 0.05) is 6.42 Å². The van der Waals surface area contributed by atoms with E-state index in [4.69, 9.17) is 0 Å². The summed E-state index contributed by atoms with van der Waals surface area (Å²) in [5, 5.41) is 0. The van der Waals surface area contributed by atoms with Gasteiger partial charge in [-0.2, -0.15) is 0 Å². The van der Waals surface area contributed by atoms with E-state index in [0.717, 1.165) is 25.9 Å². The lowest BCUT2D eigenvalue weighted by Crippen LogP contribution is -2.37. The number of rotatable bonds is 33. The van der Waals surface area contributed by atoms with Crippen molar-refractivity contribution < 1.29 is 4.57 Å². The number of unbranched alkanes of at least 4 members (excludes halogenated alkanes) is 24. The molecule has 0 amide bonds. The molecule has 51 heavy (non-hydrogen) atoms. The van der Waals surface area contributed by atoms with E-state index in [0.29, 0.717) is 5.92 Å². The van der Waals surface area contributed by atoms with Gasteiger partial charge in [0.15, 0.2) is 0 Å². The SMILES string of the molecule is CCCCCCCCCCCCCCCn1c(CC(C)c2ccccc2)c[n+](CCCCCCCCCCCCCCC)c1Cc1ccccc1. The Balaban J connectivity index is 1.53. The summed E-state index contributed by atoms with van der Waals surface area (Å²) >= 11 is 0. The van der Waals surface area contributed by atoms with Crippen LogP contribution < -0.4 is 4.57 Å². The molecule has 0 spiro atoms. The van der Waals surface area contributed by atoms with Crippen molar-refractivity contribution in [2.45, 2.75) is 220 Å². The van der Waals surface area contributed by atoms with Crippen molar-refractivity contribution in [1.82, 2.24) is 4.57 Å². The van der Waals surface area contributed by atoms with Crippen molar-refractivity contribution in [3.8, 4) is 0 Å². The molecule has 0 aliphatic carbocycles. The van der Waals surface area contributed by atoms with Crippen molar-refractivity contribution in [2.24, 2.45) is 0 Å². The van der Waals surface area contributed by atoms with Crippen molar-refractivity contribution >= 4 is 0 Å². The Morgan fingerprint density at radius 1 is 0.490 bits per heavy atom. The van der Waals surface area contributed by atoms with Gasteiger partial charge in [0.2, 0.25) is 0 Å². The Morgan fingerprint density at radius 2 is 0.902 bits per heavy atom. The quantitative estimate of drug-likeness (QED) is 0.0442. The lowest BCUT2D eigenvalue weighted by Gasteiger charge is -2.12. The van der Waals surface area contributed by atoms with Crippen LogP contribution in [0.5, 0.6) is 0 Å². The molecule has 1 unspecified atom stereocenters. The Hall–Kier alpha value is -2.35. The number of hydrogen-bond acceptors (Lipinski definition) is 0. The first-order chi connectivity index (χ1) is 25.2. The van der Waals surface area contributed by atoms with Gasteiger partial charge >= 0.3 is 0 Å². The molecule has 1 atom stereocenters. The van der Waals surface area contributed by atoms with Gasteiger partial charge in [-0.25, -0.2) is 9.13 Å². The molecule has 2 nitrogen and oxygen atoms in total. The van der Waals surface area contributed by atoms with Crippen LogP contribution in [0, 0.1) is 0 Å². The lowest BCUT2D eigenvalue weighted by atomic mass is 9.96. The van der Waals surface area contributed by atoms with Crippen LogP contribution in [-0.2, 0) is 25.9 Å². The van der Waals surface area contributed by atoms with E-state index in [1.165, 1.54) is 190 Å². The topological polar surface area (TPSA) is 8.81 Å². The van der Waals surface area contributed by atoms with Gasteiger partial charge in [-0.1, -0.05) is 223 Å². The minimum Gasteiger partial charge on any atom is -0.234 e. The van der Waals surface area contributed by atoms with Gasteiger partial charge in [0.1, 0.15) is 11.9 Å². The maximum absolute atomic E-state index is 2.76. The summed E-state index contributed by atoms with van der Waals surface area (Å²) in [6.45, 7) is 9.35. The summed E-state index contributed by atoms with van der Waals surface area (Å²) in [5.41, 5.74) is 4.42. The number of hydrogen-bond donors (Lipinski definition) is 0. The highest BCUT2D eigenvalue weighted by molar-refractivity contribution is 5.22. The molecule has 0 saturated carbocycles. The van der Waals surface area contributed by atoms with Gasteiger partial charge in [-0.3, -0.25) is 0 Å². The lowest BCUT2D eigenvalue weighted by molar-refractivity contribution is -0.704. The Labute approximate surface area is 317 Å². The van der Waals surface area contributed by atoms with Crippen molar-refractivity contribution in [3.63, 3.8) is 0 Å². The number of aromatic nitrogens is 2. The second kappa shape index (κ2) is 29.1. The first kappa shape index (κ1) is 43.1. The fourth-order valence-electron chi connectivity index (χ4n) is 8.05. The third-order valence-electron chi connectivity index (χ3n) is 11.4. The predicted octanol–water partition coefficient (Wildman–Crippen LogP) is 14.9. The van der Waals surface area contributed by atoms with Gasteiger partial charge in [-0.15, -0.1) is 0 Å². The summed E-state index contributed by atoms with van der Waals surface area (Å²) in [4.78, 5) is 0. The molecule has 2 aromatic carbocycles. The molecule has 0 fully saturated rings. The highest BCUT2D eigenvalue weighted by atomic mass is 15.2. The van der Waals surface area contributed by atoms with E-state index in [9.17, 15) is 0 Å². The van der Waals surface area contributed by atoms with Crippen LogP contribution in [0.25, 0.3) is 0 Å². The van der Waals surface area contributed by atoms with Crippen LogP contribution in [-0.4, -0.2) is 4.57 Å². The van der Waals surface area contributed by atoms with Crippen molar-refractivity contribution in [2.75, 3.05) is 0 Å².